The van der Waals surface area contributed by atoms with E-state index >= 15 is 0 Å². The highest BCUT2D eigenvalue weighted by Gasteiger charge is 2.41. The maximum absolute atomic E-state index is 13.4. The van der Waals surface area contributed by atoms with Gasteiger partial charge in [0.15, 0.2) is 0 Å². The van der Waals surface area contributed by atoms with Crippen molar-refractivity contribution in [3.63, 3.8) is 0 Å². The van der Waals surface area contributed by atoms with Crippen molar-refractivity contribution >= 4 is 23.4 Å². The minimum Gasteiger partial charge on any atom is -0.489 e. The number of carbonyl (C=O) groups excluding carboxylic acids is 3. The van der Waals surface area contributed by atoms with Gasteiger partial charge in [-0.05, 0) is 61.6 Å². The number of anilines is 1. The molecule has 0 aliphatic carbocycles. The van der Waals surface area contributed by atoms with Crippen molar-refractivity contribution in [3.8, 4) is 5.75 Å². The molecule has 202 valence electrons. The third-order valence-corrected chi connectivity index (χ3v) is 7.20. The molecule has 0 aromatic heterocycles. The number of piperidine rings is 1. The molecule has 1 saturated heterocycles. The second-order valence-corrected chi connectivity index (χ2v) is 10.4. The van der Waals surface area contributed by atoms with E-state index in [9.17, 15) is 14.4 Å². The number of carbonyl (C=O) groups is 3. The summed E-state index contributed by atoms with van der Waals surface area (Å²) in [6.07, 6.45) is 5.97. The van der Waals surface area contributed by atoms with Gasteiger partial charge in [0, 0.05) is 25.3 Å². The van der Waals surface area contributed by atoms with Gasteiger partial charge in [0.1, 0.15) is 12.4 Å². The van der Waals surface area contributed by atoms with E-state index in [4.69, 9.17) is 4.74 Å². The Morgan fingerprint density at radius 2 is 1.82 bits per heavy atom. The van der Waals surface area contributed by atoms with Gasteiger partial charge in [-0.3, -0.25) is 19.3 Å². The SMILES string of the molecule is CC(C)c1ccc(NC(=O)CN2CCCC3(C/C=C\COc4ccccc4C(=O)NCCNC3=O)C2)cc1. The fourth-order valence-corrected chi connectivity index (χ4v) is 5.09. The molecule has 2 heterocycles. The van der Waals surface area contributed by atoms with Gasteiger partial charge in [-0.15, -0.1) is 0 Å². The number of fused-ring (bicyclic) bond motifs is 1. The highest BCUT2D eigenvalue weighted by molar-refractivity contribution is 5.97. The Kier molecular flexibility index (Phi) is 9.18. The second kappa shape index (κ2) is 12.7. The van der Waals surface area contributed by atoms with Gasteiger partial charge in [0.25, 0.3) is 5.91 Å². The van der Waals surface area contributed by atoms with Crippen LogP contribution in [0.5, 0.6) is 5.75 Å². The first-order valence-electron chi connectivity index (χ1n) is 13.4. The molecule has 0 saturated carbocycles. The van der Waals surface area contributed by atoms with Crippen LogP contribution in [0.25, 0.3) is 0 Å². The van der Waals surface area contributed by atoms with Gasteiger partial charge >= 0.3 is 0 Å². The van der Waals surface area contributed by atoms with Crippen LogP contribution in [0, 0.1) is 5.41 Å². The first kappa shape index (κ1) is 27.4. The molecule has 1 fully saturated rings. The molecule has 1 spiro atoms. The van der Waals surface area contributed by atoms with Crippen LogP contribution < -0.4 is 20.7 Å². The number of allylic oxidation sites excluding steroid dienone is 1. The van der Waals surface area contributed by atoms with Crippen LogP contribution in [0.1, 0.15) is 54.9 Å². The molecule has 38 heavy (non-hydrogen) atoms. The first-order valence-corrected chi connectivity index (χ1v) is 13.4. The highest BCUT2D eigenvalue weighted by atomic mass is 16.5. The van der Waals surface area contributed by atoms with Gasteiger partial charge in [0.2, 0.25) is 11.8 Å². The van der Waals surface area contributed by atoms with E-state index < -0.39 is 5.41 Å². The zero-order valence-corrected chi connectivity index (χ0v) is 22.3. The van der Waals surface area contributed by atoms with Crippen LogP contribution in [0.2, 0.25) is 0 Å². The zero-order valence-electron chi connectivity index (χ0n) is 22.3. The molecular formula is C30H38N4O4. The van der Waals surface area contributed by atoms with E-state index in [1.807, 2.05) is 42.5 Å². The van der Waals surface area contributed by atoms with Crippen molar-refractivity contribution in [1.29, 1.82) is 0 Å². The van der Waals surface area contributed by atoms with E-state index in [-0.39, 0.29) is 24.3 Å². The molecule has 1 atom stereocenters. The lowest BCUT2D eigenvalue weighted by atomic mass is 9.76. The number of amides is 3. The van der Waals surface area contributed by atoms with Crippen molar-refractivity contribution in [2.24, 2.45) is 5.41 Å². The van der Waals surface area contributed by atoms with Crippen LogP contribution in [0.3, 0.4) is 0 Å². The van der Waals surface area contributed by atoms with Crippen LogP contribution in [-0.2, 0) is 9.59 Å². The number of nitrogens with one attached hydrogen (secondary N) is 3. The topological polar surface area (TPSA) is 99.8 Å². The van der Waals surface area contributed by atoms with Crippen molar-refractivity contribution in [1.82, 2.24) is 15.5 Å². The molecular weight excluding hydrogens is 480 g/mol. The number of ether oxygens (including phenoxy) is 1. The summed E-state index contributed by atoms with van der Waals surface area (Å²) in [4.78, 5) is 40.9. The lowest BCUT2D eigenvalue weighted by Crippen LogP contribution is -2.53. The molecule has 8 heteroatoms. The Morgan fingerprint density at radius 3 is 2.61 bits per heavy atom. The maximum atomic E-state index is 13.4. The van der Waals surface area contributed by atoms with Gasteiger partial charge < -0.3 is 20.7 Å². The Morgan fingerprint density at radius 1 is 1.05 bits per heavy atom. The molecule has 4 rings (SSSR count). The fraction of sp³-hybridized carbons (Fsp3) is 0.433. The van der Waals surface area contributed by atoms with Crippen molar-refractivity contribution in [2.45, 2.75) is 39.0 Å². The number of para-hydroxylation sites is 1. The van der Waals surface area contributed by atoms with Gasteiger partial charge in [-0.1, -0.05) is 50.3 Å². The number of rotatable bonds is 4. The van der Waals surface area contributed by atoms with Crippen molar-refractivity contribution in [2.75, 3.05) is 44.6 Å². The summed E-state index contributed by atoms with van der Waals surface area (Å²) in [5.41, 5.74) is 1.81. The monoisotopic (exact) mass is 518 g/mol. The molecule has 1 unspecified atom stereocenters. The molecule has 3 amide bonds. The summed E-state index contributed by atoms with van der Waals surface area (Å²) >= 11 is 0. The lowest BCUT2D eigenvalue weighted by Gasteiger charge is -2.41. The summed E-state index contributed by atoms with van der Waals surface area (Å²) in [6, 6.07) is 15.1. The fourth-order valence-electron chi connectivity index (χ4n) is 5.09. The Hall–Kier alpha value is -3.65. The number of benzene rings is 2. The highest BCUT2D eigenvalue weighted by Crippen LogP contribution is 2.34. The number of nitrogens with zero attached hydrogens (tertiary/aromatic N) is 1. The largest absolute Gasteiger partial charge is 0.489 e. The molecule has 0 radical (unpaired) electrons. The summed E-state index contributed by atoms with van der Waals surface area (Å²) in [7, 11) is 0. The van der Waals surface area contributed by atoms with Crippen molar-refractivity contribution < 1.29 is 19.1 Å². The van der Waals surface area contributed by atoms with Crippen molar-refractivity contribution in [3.05, 3.63) is 71.8 Å². The van der Waals surface area contributed by atoms with E-state index in [0.717, 1.165) is 25.1 Å². The lowest BCUT2D eigenvalue weighted by molar-refractivity contribution is -0.135. The molecule has 2 aliphatic rings. The quantitative estimate of drug-likeness (QED) is 0.536. The maximum Gasteiger partial charge on any atom is 0.255 e. The van der Waals surface area contributed by atoms with Crippen LogP contribution >= 0.6 is 0 Å². The minimum atomic E-state index is -0.653. The Balaban J connectivity index is 1.41. The third-order valence-electron chi connectivity index (χ3n) is 7.20. The standard InChI is InChI=1S/C30H38N4O4/c1-22(2)23-10-12-24(13-11-23)33-27(35)20-34-18-7-15-30(21-34)14-5-6-19-38-26-9-4-3-8-25(26)28(36)31-16-17-32-29(30)37/h3-6,8-13,22H,7,14-21H2,1-2H3,(H,31,36)(H,32,37)(H,33,35)/b6-5-. The number of hydrogen-bond donors (Lipinski definition) is 3. The van der Waals surface area contributed by atoms with E-state index in [2.05, 4.69) is 34.7 Å². The molecule has 0 bridgehead atoms. The van der Waals surface area contributed by atoms with Gasteiger partial charge in [0.05, 0.1) is 17.5 Å². The average Bonchev–Trinajstić information content (AvgIpc) is 2.91. The Labute approximate surface area is 224 Å². The molecule has 3 N–H and O–H groups in total. The van der Waals surface area contributed by atoms with E-state index in [1.54, 1.807) is 18.2 Å². The molecule has 2 aromatic rings. The van der Waals surface area contributed by atoms with Crippen LogP contribution in [0.15, 0.2) is 60.7 Å². The molecule has 2 aliphatic heterocycles. The van der Waals surface area contributed by atoms with Gasteiger partial charge in [-0.2, -0.15) is 0 Å². The van der Waals surface area contributed by atoms with E-state index in [1.165, 1.54) is 5.56 Å². The summed E-state index contributed by atoms with van der Waals surface area (Å²) < 4.78 is 5.84. The second-order valence-electron chi connectivity index (χ2n) is 10.4. The predicted octanol–water partition coefficient (Wildman–Crippen LogP) is 3.72. The Bertz CT molecular complexity index is 1160. The van der Waals surface area contributed by atoms with Gasteiger partial charge in [-0.25, -0.2) is 0 Å². The summed E-state index contributed by atoms with van der Waals surface area (Å²) in [6.45, 7) is 6.67. The summed E-state index contributed by atoms with van der Waals surface area (Å²) in [5, 5.41) is 8.87. The number of hydrogen-bond acceptors (Lipinski definition) is 5. The normalized spacial score (nSPS) is 22.0. The predicted molar refractivity (Wildman–Crippen MR) is 148 cm³/mol. The summed E-state index contributed by atoms with van der Waals surface area (Å²) in [5.74, 6) is 0.580. The van der Waals surface area contributed by atoms with E-state index in [0.29, 0.717) is 49.9 Å². The number of likely N-dealkylation sites (tertiary alicyclic amines) is 1. The minimum absolute atomic E-state index is 0.0517. The first-order chi connectivity index (χ1) is 18.4. The molecule has 8 nitrogen and oxygen atoms in total. The average molecular weight is 519 g/mol. The third kappa shape index (κ3) is 7.01. The molecule has 2 aromatic carbocycles. The zero-order chi connectivity index (χ0) is 27.0. The smallest absolute Gasteiger partial charge is 0.255 e. The van der Waals surface area contributed by atoms with Crippen LogP contribution in [-0.4, -0.2) is 62.0 Å². The van der Waals surface area contributed by atoms with Crippen LogP contribution in [0.4, 0.5) is 5.69 Å².